The summed E-state index contributed by atoms with van der Waals surface area (Å²) in [5.41, 5.74) is 2.20. The number of aromatic nitrogens is 4. The van der Waals surface area contributed by atoms with Crippen molar-refractivity contribution in [2.75, 3.05) is 24.6 Å². The van der Waals surface area contributed by atoms with Crippen LogP contribution in [0.2, 0.25) is 0 Å². The van der Waals surface area contributed by atoms with E-state index in [1.165, 1.54) is 6.20 Å². The number of ether oxygens (including phenoxy) is 1. The molecule has 7 heterocycles. The van der Waals surface area contributed by atoms with E-state index in [0.29, 0.717) is 29.1 Å². The van der Waals surface area contributed by atoms with E-state index < -0.39 is 5.60 Å². The number of hydrogen-bond donors (Lipinski definition) is 1. The lowest BCUT2D eigenvalue weighted by Gasteiger charge is -2.51. The minimum Gasteiger partial charge on any atom is -0.489 e. The van der Waals surface area contributed by atoms with E-state index in [1.54, 1.807) is 43.0 Å². The van der Waals surface area contributed by atoms with Gasteiger partial charge >= 0.3 is 0 Å². The predicted octanol–water partition coefficient (Wildman–Crippen LogP) is 3.31. The highest BCUT2D eigenvalue weighted by molar-refractivity contribution is 5.93. The monoisotopic (exact) mass is 523 g/mol. The minimum absolute atomic E-state index is 0.0157. The largest absolute Gasteiger partial charge is 0.489 e. The summed E-state index contributed by atoms with van der Waals surface area (Å²) in [5, 5.41) is 24.1. The van der Waals surface area contributed by atoms with Crippen molar-refractivity contribution in [3.05, 3.63) is 72.4 Å². The molecule has 1 amide bonds. The SMILES string of the molecule is CC(C)(O)COc1cc(-c2ccc(N3CC4CCC3CN4C(=O)c3ccccn3)nc2)c2c(C#N)cnn2c1. The van der Waals surface area contributed by atoms with Crippen molar-refractivity contribution in [3.8, 4) is 22.9 Å². The Labute approximate surface area is 226 Å². The van der Waals surface area contributed by atoms with Crippen LogP contribution in [-0.2, 0) is 0 Å². The lowest BCUT2D eigenvalue weighted by Crippen LogP contribution is -2.64. The van der Waals surface area contributed by atoms with Gasteiger partial charge in [-0.2, -0.15) is 10.4 Å². The van der Waals surface area contributed by atoms with Crippen molar-refractivity contribution >= 4 is 17.2 Å². The van der Waals surface area contributed by atoms with Crippen LogP contribution in [-0.4, -0.2) is 72.9 Å². The zero-order valence-corrected chi connectivity index (χ0v) is 21.9. The molecule has 0 spiro atoms. The van der Waals surface area contributed by atoms with Crippen LogP contribution >= 0.6 is 0 Å². The van der Waals surface area contributed by atoms with Crippen molar-refractivity contribution in [2.24, 2.45) is 0 Å². The normalized spacial score (nSPS) is 18.8. The van der Waals surface area contributed by atoms with Crippen LogP contribution in [0.1, 0.15) is 42.7 Å². The molecular weight excluding hydrogens is 494 g/mol. The van der Waals surface area contributed by atoms with Gasteiger partial charge in [0.2, 0.25) is 0 Å². The van der Waals surface area contributed by atoms with E-state index in [1.807, 2.05) is 35.2 Å². The maximum absolute atomic E-state index is 13.1. The molecule has 2 atom stereocenters. The molecule has 0 aromatic carbocycles. The van der Waals surface area contributed by atoms with Crippen molar-refractivity contribution in [3.63, 3.8) is 0 Å². The van der Waals surface area contributed by atoms with E-state index in [0.717, 1.165) is 36.3 Å². The first-order chi connectivity index (χ1) is 18.8. The maximum atomic E-state index is 13.1. The lowest BCUT2D eigenvalue weighted by atomic mass is 9.90. The average Bonchev–Trinajstić information content (AvgIpc) is 3.39. The van der Waals surface area contributed by atoms with Gasteiger partial charge in [-0.25, -0.2) is 9.50 Å². The van der Waals surface area contributed by atoms with Crippen LogP contribution < -0.4 is 9.64 Å². The Kier molecular flexibility index (Phi) is 6.16. The second kappa shape index (κ2) is 9.67. The van der Waals surface area contributed by atoms with Crippen LogP contribution in [0.15, 0.2) is 61.2 Å². The van der Waals surface area contributed by atoms with Gasteiger partial charge in [0.05, 0.1) is 29.1 Å². The van der Waals surface area contributed by atoms with E-state index in [4.69, 9.17) is 9.72 Å². The molecule has 39 heavy (non-hydrogen) atoms. The number of carbonyl (C=O) groups is 1. The summed E-state index contributed by atoms with van der Waals surface area (Å²) in [4.78, 5) is 26.4. The van der Waals surface area contributed by atoms with Crippen molar-refractivity contribution in [1.82, 2.24) is 24.5 Å². The fourth-order valence-electron chi connectivity index (χ4n) is 5.45. The zero-order valence-electron chi connectivity index (χ0n) is 21.9. The highest BCUT2D eigenvalue weighted by Gasteiger charge is 2.42. The molecule has 3 fully saturated rings. The van der Waals surface area contributed by atoms with Gasteiger partial charge in [-0.05, 0) is 57.0 Å². The Morgan fingerprint density at radius 2 is 2.00 bits per heavy atom. The summed E-state index contributed by atoms with van der Waals surface area (Å²) in [6.07, 6.45) is 8.66. The smallest absolute Gasteiger partial charge is 0.272 e. The number of piperazine rings is 1. The van der Waals surface area contributed by atoms with Crippen LogP contribution in [0.25, 0.3) is 16.6 Å². The summed E-state index contributed by atoms with van der Waals surface area (Å²) >= 11 is 0. The number of fused-ring (bicyclic) bond motifs is 4. The third-order valence-corrected chi connectivity index (χ3v) is 7.33. The minimum atomic E-state index is -0.994. The second-order valence-corrected chi connectivity index (χ2v) is 10.8. The number of rotatable bonds is 6. The number of amides is 1. The molecule has 1 N–H and O–H groups in total. The lowest BCUT2D eigenvalue weighted by molar-refractivity contribution is 0.0283. The Morgan fingerprint density at radius 3 is 2.67 bits per heavy atom. The number of anilines is 1. The molecule has 2 unspecified atom stereocenters. The van der Waals surface area contributed by atoms with Crippen molar-refractivity contribution < 1.29 is 14.6 Å². The molecule has 4 aromatic heterocycles. The van der Waals surface area contributed by atoms with E-state index in [-0.39, 0.29) is 24.6 Å². The summed E-state index contributed by atoms with van der Waals surface area (Å²) in [6, 6.07) is 13.8. The van der Waals surface area contributed by atoms with Gasteiger partial charge in [0.1, 0.15) is 29.9 Å². The third kappa shape index (κ3) is 4.77. The molecule has 10 nitrogen and oxygen atoms in total. The molecule has 3 aliphatic rings. The number of piperidine rings is 2. The van der Waals surface area contributed by atoms with Gasteiger partial charge < -0.3 is 19.6 Å². The van der Waals surface area contributed by atoms with Crippen LogP contribution in [0, 0.1) is 11.3 Å². The Hall–Kier alpha value is -4.49. The first-order valence-corrected chi connectivity index (χ1v) is 13.0. The van der Waals surface area contributed by atoms with Gasteiger partial charge in [-0.1, -0.05) is 6.07 Å². The molecule has 4 aromatic rings. The number of hydrogen-bond acceptors (Lipinski definition) is 8. The molecule has 7 rings (SSSR count). The Morgan fingerprint density at radius 1 is 1.15 bits per heavy atom. The summed E-state index contributed by atoms with van der Waals surface area (Å²) in [6.45, 7) is 4.84. The van der Waals surface area contributed by atoms with E-state index in [2.05, 4.69) is 21.1 Å². The highest BCUT2D eigenvalue weighted by Crippen LogP contribution is 2.35. The molecule has 0 radical (unpaired) electrons. The van der Waals surface area contributed by atoms with Crippen LogP contribution in [0.5, 0.6) is 5.75 Å². The van der Waals surface area contributed by atoms with E-state index >= 15 is 0 Å². The molecule has 0 aliphatic carbocycles. The summed E-state index contributed by atoms with van der Waals surface area (Å²) in [7, 11) is 0. The number of aliphatic hydroxyl groups is 1. The Balaban J connectivity index is 1.26. The molecular formula is C29H29N7O3. The van der Waals surface area contributed by atoms with Gasteiger partial charge in [-0.3, -0.25) is 9.78 Å². The topological polar surface area (TPSA) is 120 Å². The van der Waals surface area contributed by atoms with Crippen LogP contribution in [0.3, 0.4) is 0 Å². The predicted molar refractivity (Wildman–Crippen MR) is 144 cm³/mol. The van der Waals surface area contributed by atoms with Crippen molar-refractivity contribution in [2.45, 2.75) is 44.4 Å². The average molecular weight is 524 g/mol. The fourth-order valence-corrected chi connectivity index (χ4v) is 5.45. The zero-order chi connectivity index (χ0) is 27.1. The third-order valence-electron chi connectivity index (χ3n) is 7.33. The fraction of sp³-hybridized carbons (Fsp3) is 0.345. The second-order valence-electron chi connectivity index (χ2n) is 10.8. The molecule has 0 saturated carbocycles. The van der Waals surface area contributed by atoms with Crippen LogP contribution in [0.4, 0.5) is 5.82 Å². The highest BCUT2D eigenvalue weighted by atomic mass is 16.5. The van der Waals surface area contributed by atoms with Gasteiger partial charge in [0.25, 0.3) is 5.91 Å². The molecule has 3 aliphatic heterocycles. The number of nitriles is 1. The van der Waals surface area contributed by atoms with Crippen molar-refractivity contribution in [1.29, 1.82) is 5.26 Å². The first-order valence-electron chi connectivity index (χ1n) is 13.0. The number of carbonyl (C=O) groups excluding carboxylic acids is 1. The Bertz CT molecular complexity index is 1550. The maximum Gasteiger partial charge on any atom is 0.272 e. The standard InChI is InChI=1S/C29H29N7O3/c1-29(2,38)18-39-23-11-24(27-20(12-30)14-33-36(27)17-23)19-6-9-26(32-13-19)34-15-22-8-7-21(34)16-35(22)28(37)25-5-3-4-10-31-25/h3-6,9-11,13-14,17,21-22,38H,7-8,15-16,18H2,1-2H3. The molecule has 3 saturated heterocycles. The van der Waals surface area contributed by atoms with Gasteiger partial charge in [0.15, 0.2) is 0 Å². The quantitative estimate of drug-likeness (QED) is 0.409. The molecule has 10 heteroatoms. The number of nitrogens with zero attached hydrogens (tertiary/aromatic N) is 7. The first kappa shape index (κ1) is 24.8. The van der Waals surface area contributed by atoms with Gasteiger partial charge in [-0.15, -0.1) is 0 Å². The summed E-state index contributed by atoms with van der Waals surface area (Å²) < 4.78 is 7.46. The summed E-state index contributed by atoms with van der Waals surface area (Å²) in [5.74, 6) is 1.37. The molecule has 198 valence electrons. The number of pyridine rings is 3. The van der Waals surface area contributed by atoms with E-state index in [9.17, 15) is 15.2 Å². The van der Waals surface area contributed by atoms with Gasteiger partial charge in [0, 0.05) is 48.7 Å². The molecule has 2 bridgehead atoms.